The maximum absolute atomic E-state index is 13.2. The Hall–Kier alpha value is -3.32. The van der Waals surface area contributed by atoms with Gasteiger partial charge in [0.25, 0.3) is 5.91 Å². The highest BCUT2D eigenvalue weighted by Crippen LogP contribution is 2.37. The van der Waals surface area contributed by atoms with E-state index in [1.807, 2.05) is 24.3 Å². The van der Waals surface area contributed by atoms with E-state index in [4.69, 9.17) is 4.74 Å². The molecule has 2 aromatic carbocycles. The van der Waals surface area contributed by atoms with Crippen LogP contribution in [0.25, 0.3) is 0 Å². The Balaban J connectivity index is 1.32. The van der Waals surface area contributed by atoms with E-state index < -0.39 is 0 Å². The van der Waals surface area contributed by atoms with Crippen molar-refractivity contribution in [3.63, 3.8) is 0 Å². The van der Waals surface area contributed by atoms with E-state index in [1.165, 1.54) is 10.5 Å². The molecule has 0 atom stereocenters. The van der Waals surface area contributed by atoms with Crippen LogP contribution in [-0.4, -0.2) is 36.1 Å². The summed E-state index contributed by atoms with van der Waals surface area (Å²) in [5.41, 5.74) is 2.30. The molecule has 1 N–H and O–H groups in total. The lowest BCUT2D eigenvalue weighted by molar-refractivity contribution is -0.121. The number of nitrogens with zero attached hydrogens (tertiary/aromatic N) is 2. The smallest absolute Gasteiger partial charge is 0.263 e. The van der Waals surface area contributed by atoms with E-state index in [9.17, 15) is 9.59 Å². The average molecular weight is 448 g/mol. The molecule has 0 spiro atoms. The minimum Gasteiger partial charge on any atom is -0.436 e. The largest absolute Gasteiger partial charge is 0.436 e. The fraction of sp³-hybridized carbons (Fsp3) is 0.240. The molecule has 1 aliphatic heterocycles. The van der Waals surface area contributed by atoms with Crippen molar-refractivity contribution >= 4 is 29.3 Å². The number of benzene rings is 2. The monoisotopic (exact) mass is 447 g/mol. The summed E-state index contributed by atoms with van der Waals surface area (Å²) in [6.45, 7) is 1.01. The molecule has 1 aromatic heterocycles. The number of fused-ring (bicyclic) bond motifs is 2. The van der Waals surface area contributed by atoms with Crippen molar-refractivity contribution in [2.24, 2.45) is 0 Å². The van der Waals surface area contributed by atoms with E-state index in [1.54, 1.807) is 35.0 Å². The molecule has 1 aliphatic rings. The molecule has 0 saturated carbocycles. The summed E-state index contributed by atoms with van der Waals surface area (Å²) in [6.07, 6.45) is 5.34. The normalized spacial score (nSPS) is 12.4. The number of hydrogen-bond acceptors (Lipinski definition) is 5. The second-order valence-electron chi connectivity index (χ2n) is 7.43. The van der Waals surface area contributed by atoms with Gasteiger partial charge < -0.3 is 15.0 Å². The number of rotatable bonds is 8. The number of carbonyl (C=O) groups is 2. The van der Waals surface area contributed by atoms with Crippen molar-refractivity contribution in [1.82, 2.24) is 10.3 Å². The zero-order valence-electron chi connectivity index (χ0n) is 17.9. The van der Waals surface area contributed by atoms with Gasteiger partial charge in [0.05, 0.1) is 5.69 Å². The molecular weight excluding hydrogens is 422 g/mol. The minimum absolute atomic E-state index is 0.0143. The fourth-order valence-corrected chi connectivity index (χ4v) is 4.02. The van der Waals surface area contributed by atoms with Crippen LogP contribution in [0.5, 0.6) is 11.6 Å². The molecule has 32 heavy (non-hydrogen) atoms. The highest BCUT2D eigenvalue weighted by molar-refractivity contribution is 7.98. The van der Waals surface area contributed by atoms with Gasteiger partial charge in [0.15, 0.2) is 5.75 Å². The van der Waals surface area contributed by atoms with Gasteiger partial charge in [-0.25, -0.2) is 4.98 Å². The number of carbonyl (C=O) groups excluding carboxylic acids is 2. The standard InChI is InChI=1S/C25H25N3O3S/c1-32-19-12-10-18(11-13-19)14-16-26-23(29)9-5-17-28-21-7-2-3-8-22(21)31-24-20(25(28)30)6-4-15-27-24/h2-4,6-8,10-13,15H,5,9,14,16-17H2,1H3,(H,26,29). The molecule has 2 heterocycles. The number of para-hydroxylation sites is 2. The van der Waals surface area contributed by atoms with E-state index in [0.29, 0.717) is 48.8 Å². The lowest BCUT2D eigenvalue weighted by atomic mass is 10.1. The first-order valence-corrected chi connectivity index (χ1v) is 11.8. The SMILES string of the molecule is CSc1ccc(CCNC(=O)CCCN2C(=O)c3cccnc3Oc3ccccc32)cc1. The summed E-state index contributed by atoms with van der Waals surface area (Å²) >= 11 is 1.71. The molecule has 0 radical (unpaired) electrons. The van der Waals surface area contributed by atoms with Gasteiger partial charge >= 0.3 is 0 Å². The van der Waals surface area contributed by atoms with Gasteiger partial charge in [0.1, 0.15) is 5.56 Å². The Kier molecular flexibility index (Phi) is 7.07. The van der Waals surface area contributed by atoms with Crippen molar-refractivity contribution < 1.29 is 14.3 Å². The molecule has 4 rings (SSSR count). The van der Waals surface area contributed by atoms with Crippen LogP contribution in [0.4, 0.5) is 5.69 Å². The second-order valence-corrected chi connectivity index (χ2v) is 8.31. The van der Waals surface area contributed by atoms with Gasteiger partial charge in [-0.1, -0.05) is 24.3 Å². The van der Waals surface area contributed by atoms with Crippen molar-refractivity contribution in [3.8, 4) is 11.6 Å². The third-order valence-corrected chi connectivity index (χ3v) is 6.03. The molecule has 0 unspecified atom stereocenters. The van der Waals surface area contributed by atoms with Crippen LogP contribution in [0, 0.1) is 0 Å². The summed E-state index contributed by atoms with van der Waals surface area (Å²) in [4.78, 5) is 32.6. The predicted molar refractivity (Wildman–Crippen MR) is 127 cm³/mol. The Morgan fingerprint density at radius 2 is 1.91 bits per heavy atom. The molecule has 164 valence electrons. The summed E-state index contributed by atoms with van der Waals surface area (Å²) in [5.74, 6) is 0.692. The van der Waals surface area contributed by atoms with Crippen LogP contribution in [0.2, 0.25) is 0 Å². The number of aromatic nitrogens is 1. The zero-order chi connectivity index (χ0) is 22.3. The lowest BCUT2D eigenvalue weighted by Gasteiger charge is -2.21. The van der Waals surface area contributed by atoms with Gasteiger partial charge in [-0.3, -0.25) is 9.59 Å². The first kappa shape index (κ1) is 21.9. The Morgan fingerprint density at radius 1 is 1.09 bits per heavy atom. The van der Waals surface area contributed by atoms with Crippen LogP contribution < -0.4 is 15.0 Å². The first-order valence-electron chi connectivity index (χ1n) is 10.6. The van der Waals surface area contributed by atoms with Crippen LogP contribution in [0.15, 0.2) is 71.8 Å². The maximum Gasteiger partial charge on any atom is 0.263 e. The maximum atomic E-state index is 13.2. The van der Waals surface area contributed by atoms with Crippen LogP contribution in [-0.2, 0) is 11.2 Å². The van der Waals surface area contributed by atoms with Gasteiger partial charge in [-0.2, -0.15) is 0 Å². The van der Waals surface area contributed by atoms with Gasteiger partial charge in [0, 0.05) is 30.6 Å². The summed E-state index contributed by atoms with van der Waals surface area (Å²) < 4.78 is 5.89. The van der Waals surface area contributed by atoms with Crippen LogP contribution in [0.3, 0.4) is 0 Å². The van der Waals surface area contributed by atoms with Crippen LogP contribution >= 0.6 is 11.8 Å². The quantitative estimate of drug-likeness (QED) is 0.507. The third-order valence-electron chi connectivity index (χ3n) is 5.29. The number of ether oxygens (including phenoxy) is 1. The Labute approximate surface area is 192 Å². The molecule has 0 bridgehead atoms. The number of nitrogens with one attached hydrogen (secondary N) is 1. The molecule has 3 aromatic rings. The topological polar surface area (TPSA) is 71.5 Å². The zero-order valence-corrected chi connectivity index (χ0v) is 18.7. The highest BCUT2D eigenvalue weighted by Gasteiger charge is 2.28. The first-order chi connectivity index (χ1) is 15.7. The summed E-state index contributed by atoms with van der Waals surface area (Å²) in [5, 5.41) is 2.97. The average Bonchev–Trinajstić information content (AvgIpc) is 2.94. The minimum atomic E-state index is -0.174. The van der Waals surface area contributed by atoms with E-state index in [0.717, 1.165) is 6.42 Å². The van der Waals surface area contributed by atoms with E-state index >= 15 is 0 Å². The number of pyridine rings is 1. The Bertz CT molecular complexity index is 1100. The van der Waals surface area contributed by atoms with Crippen LogP contribution in [0.1, 0.15) is 28.8 Å². The van der Waals surface area contributed by atoms with Crippen molar-refractivity contribution in [1.29, 1.82) is 0 Å². The van der Waals surface area contributed by atoms with Crippen molar-refractivity contribution in [2.45, 2.75) is 24.2 Å². The second kappa shape index (κ2) is 10.3. The summed E-state index contributed by atoms with van der Waals surface area (Å²) in [6, 6.07) is 19.2. The number of hydrogen-bond donors (Lipinski definition) is 1. The fourth-order valence-electron chi connectivity index (χ4n) is 3.61. The van der Waals surface area contributed by atoms with Gasteiger partial charge in [-0.05, 0) is 61.1 Å². The number of thioether (sulfide) groups is 1. The number of amides is 2. The van der Waals surface area contributed by atoms with Gasteiger partial charge in [-0.15, -0.1) is 11.8 Å². The predicted octanol–water partition coefficient (Wildman–Crippen LogP) is 4.70. The summed E-state index contributed by atoms with van der Waals surface area (Å²) in [7, 11) is 0. The van der Waals surface area contributed by atoms with Gasteiger partial charge in [0.2, 0.25) is 11.8 Å². The molecule has 0 aliphatic carbocycles. The molecule has 0 fully saturated rings. The number of anilines is 1. The van der Waals surface area contributed by atoms with Crippen molar-refractivity contribution in [3.05, 3.63) is 78.0 Å². The Morgan fingerprint density at radius 3 is 2.72 bits per heavy atom. The molecule has 6 nitrogen and oxygen atoms in total. The third kappa shape index (κ3) is 5.11. The van der Waals surface area contributed by atoms with E-state index in [-0.39, 0.29) is 11.8 Å². The molecule has 7 heteroatoms. The molecular formula is C25H25N3O3S. The highest BCUT2D eigenvalue weighted by atomic mass is 32.2. The molecule has 2 amide bonds. The van der Waals surface area contributed by atoms with Crippen molar-refractivity contribution in [2.75, 3.05) is 24.2 Å². The molecule has 0 saturated heterocycles. The van der Waals surface area contributed by atoms with E-state index in [2.05, 4.69) is 40.8 Å². The lowest BCUT2D eigenvalue weighted by Crippen LogP contribution is -2.32.